The van der Waals surface area contributed by atoms with E-state index in [2.05, 4.69) is 20.5 Å². The van der Waals surface area contributed by atoms with Crippen LogP contribution < -0.4 is 10.2 Å². The molecule has 0 radical (unpaired) electrons. The lowest BCUT2D eigenvalue weighted by molar-refractivity contribution is -0.131. The number of carbonyl (C=O) groups is 2. The van der Waals surface area contributed by atoms with E-state index < -0.39 is 17.3 Å². The van der Waals surface area contributed by atoms with Gasteiger partial charge in [0.15, 0.2) is 5.60 Å². The molecule has 0 bridgehead atoms. The lowest BCUT2D eigenvalue weighted by Gasteiger charge is -2.29. The number of hydrogen-bond acceptors (Lipinski definition) is 5. The number of rotatable bonds is 5. The average molecular weight is 582 g/mol. The van der Waals surface area contributed by atoms with E-state index in [1.807, 2.05) is 6.07 Å². The third-order valence-corrected chi connectivity index (χ3v) is 7.76. The fourth-order valence-electron chi connectivity index (χ4n) is 5.28. The maximum atomic E-state index is 14.3. The summed E-state index contributed by atoms with van der Waals surface area (Å²) in [6.07, 6.45) is 3.93. The van der Waals surface area contributed by atoms with Crippen molar-refractivity contribution in [2.45, 2.75) is 18.9 Å². The number of carbonyl (C=O) groups excluding carboxylic acids is 2. The number of halogens is 2. The molecule has 210 valence electrons. The Balaban J connectivity index is 1.31. The molecule has 0 fully saturated rings. The molecule has 0 spiro atoms. The second-order valence-electron chi connectivity index (χ2n) is 10.0. The first-order chi connectivity index (χ1) is 20.3. The Morgan fingerprint density at radius 2 is 1.88 bits per heavy atom. The molecular weight excluding hydrogens is 557 g/mol. The molecule has 1 unspecified atom stereocenters. The third-order valence-electron chi connectivity index (χ3n) is 7.45. The number of nitrogens with zero attached hydrogens (tertiary/aromatic N) is 3. The molecule has 0 saturated heterocycles. The summed E-state index contributed by atoms with van der Waals surface area (Å²) < 4.78 is 14.3. The van der Waals surface area contributed by atoms with Gasteiger partial charge in [-0.2, -0.15) is 5.10 Å². The van der Waals surface area contributed by atoms with Crippen LogP contribution in [0.4, 0.5) is 15.9 Å². The van der Waals surface area contributed by atoms with E-state index in [0.717, 1.165) is 22.9 Å². The molecule has 0 saturated carbocycles. The number of aromatic nitrogens is 3. The summed E-state index contributed by atoms with van der Waals surface area (Å²) in [7, 11) is 0. The molecule has 0 aliphatic carbocycles. The molecule has 3 aromatic carbocycles. The van der Waals surface area contributed by atoms with Crippen LogP contribution >= 0.6 is 11.6 Å². The van der Waals surface area contributed by atoms with Crippen molar-refractivity contribution in [3.63, 3.8) is 0 Å². The van der Waals surface area contributed by atoms with Crippen LogP contribution in [0.2, 0.25) is 5.02 Å². The molecule has 1 aliphatic rings. The van der Waals surface area contributed by atoms with Gasteiger partial charge in [0, 0.05) is 29.6 Å². The number of anilines is 2. The summed E-state index contributed by atoms with van der Waals surface area (Å²) >= 11 is 6.61. The molecule has 10 heteroatoms. The Hall–Kier alpha value is -4.86. The van der Waals surface area contributed by atoms with Crippen LogP contribution in [0, 0.1) is 12.7 Å². The molecule has 1 aliphatic heterocycles. The Kier molecular flexibility index (Phi) is 7.06. The van der Waals surface area contributed by atoms with Crippen LogP contribution in [0.3, 0.4) is 0 Å². The van der Waals surface area contributed by atoms with Crippen molar-refractivity contribution in [2.75, 3.05) is 16.8 Å². The number of pyridine rings is 1. The van der Waals surface area contributed by atoms with Gasteiger partial charge in [-0.1, -0.05) is 48.0 Å². The van der Waals surface area contributed by atoms with E-state index >= 15 is 0 Å². The van der Waals surface area contributed by atoms with Gasteiger partial charge in [0.1, 0.15) is 11.6 Å². The number of aromatic amines is 1. The number of fused-ring (bicyclic) bond motifs is 3. The average Bonchev–Trinajstić information content (AvgIpc) is 3.41. The van der Waals surface area contributed by atoms with Crippen LogP contribution in [0.15, 0.2) is 91.3 Å². The number of aryl methyl sites for hydroxylation is 1. The molecule has 2 amide bonds. The van der Waals surface area contributed by atoms with E-state index in [0.29, 0.717) is 24.3 Å². The standard InChI is InChI=1S/C32H25ClFN5O3/c1-19-9-10-22(34)16-26(19)32(42,21-6-3-2-4-7-21)31(41)37-23-11-12-24(27(33)17-23)30(40)39-15-13-20-18-36-38-28(20)25-8-5-14-35-29(25)39/h2-12,14,16-18,42H,13,15H2,1H3,(H,36,38)(H,37,41). The number of hydrogen-bond donors (Lipinski definition) is 3. The highest BCUT2D eigenvalue weighted by molar-refractivity contribution is 6.35. The van der Waals surface area contributed by atoms with Gasteiger partial charge < -0.3 is 10.4 Å². The molecule has 42 heavy (non-hydrogen) atoms. The number of nitrogens with one attached hydrogen (secondary N) is 2. The second-order valence-corrected chi connectivity index (χ2v) is 10.4. The van der Waals surface area contributed by atoms with Gasteiger partial charge in [-0.05, 0) is 72.5 Å². The number of aliphatic hydroxyl groups is 1. The number of amides is 2. The molecule has 6 rings (SSSR count). The van der Waals surface area contributed by atoms with E-state index in [9.17, 15) is 19.1 Å². The minimum atomic E-state index is -2.21. The maximum Gasteiger partial charge on any atom is 0.265 e. The Morgan fingerprint density at radius 1 is 1.07 bits per heavy atom. The Morgan fingerprint density at radius 3 is 2.67 bits per heavy atom. The first-order valence-electron chi connectivity index (χ1n) is 13.2. The van der Waals surface area contributed by atoms with Crippen LogP contribution in [-0.4, -0.2) is 38.6 Å². The molecule has 5 aromatic rings. The van der Waals surface area contributed by atoms with E-state index in [-0.39, 0.29) is 33.3 Å². The number of benzene rings is 3. The van der Waals surface area contributed by atoms with Crippen LogP contribution in [-0.2, 0) is 16.8 Å². The van der Waals surface area contributed by atoms with Crippen molar-refractivity contribution in [3.8, 4) is 11.3 Å². The highest BCUT2D eigenvalue weighted by Gasteiger charge is 2.41. The molecule has 8 nitrogen and oxygen atoms in total. The third kappa shape index (κ3) is 4.72. The zero-order chi connectivity index (χ0) is 29.4. The quantitative estimate of drug-likeness (QED) is 0.248. The molecular formula is C32H25ClFN5O3. The minimum absolute atomic E-state index is 0.102. The van der Waals surface area contributed by atoms with Crippen LogP contribution in [0.1, 0.15) is 32.6 Å². The van der Waals surface area contributed by atoms with Crippen molar-refractivity contribution < 1.29 is 19.1 Å². The van der Waals surface area contributed by atoms with Crippen LogP contribution in [0.5, 0.6) is 0 Å². The smallest absolute Gasteiger partial charge is 0.265 e. The highest BCUT2D eigenvalue weighted by Crippen LogP contribution is 2.36. The number of H-pyrrole nitrogens is 1. The summed E-state index contributed by atoms with van der Waals surface area (Å²) in [6, 6.07) is 20.4. The predicted molar refractivity (Wildman–Crippen MR) is 158 cm³/mol. The SMILES string of the molecule is Cc1ccc(F)cc1C(O)(C(=O)Nc1ccc(C(=O)N2CCc3cn[nH]c3-c3cccnc32)c(Cl)c1)c1ccccc1. The van der Waals surface area contributed by atoms with Crippen molar-refractivity contribution in [2.24, 2.45) is 0 Å². The summed E-state index contributed by atoms with van der Waals surface area (Å²) in [5.41, 5.74) is 1.71. The maximum absolute atomic E-state index is 14.3. The van der Waals surface area contributed by atoms with Gasteiger partial charge >= 0.3 is 0 Å². The predicted octanol–water partition coefficient (Wildman–Crippen LogP) is 5.65. The van der Waals surface area contributed by atoms with Gasteiger partial charge in [0.2, 0.25) is 0 Å². The zero-order valence-electron chi connectivity index (χ0n) is 22.4. The summed E-state index contributed by atoms with van der Waals surface area (Å²) in [5.74, 6) is -1.26. The monoisotopic (exact) mass is 581 g/mol. The Bertz CT molecular complexity index is 1830. The largest absolute Gasteiger partial charge is 0.372 e. The lowest BCUT2D eigenvalue weighted by atomic mass is 9.83. The normalized spacial score (nSPS) is 13.9. The minimum Gasteiger partial charge on any atom is -0.372 e. The topological polar surface area (TPSA) is 111 Å². The first-order valence-corrected chi connectivity index (χ1v) is 13.6. The lowest BCUT2D eigenvalue weighted by Crippen LogP contribution is -2.42. The van der Waals surface area contributed by atoms with Gasteiger partial charge in [-0.15, -0.1) is 0 Å². The van der Waals surface area contributed by atoms with Gasteiger partial charge in [-0.3, -0.25) is 19.6 Å². The van der Waals surface area contributed by atoms with Crippen LogP contribution in [0.25, 0.3) is 11.3 Å². The molecule has 1 atom stereocenters. The Labute approximate surface area is 245 Å². The van der Waals surface area contributed by atoms with E-state index in [1.165, 1.54) is 30.3 Å². The summed E-state index contributed by atoms with van der Waals surface area (Å²) in [5, 5.41) is 21.8. The zero-order valence-corrected chi connectivity index (χ0v) is 23.2. The van der Waals surface area contributed by atoms with Gasteiger partial charge in [-0.25, -0.2) is 9.37 Å². The highest BCUT2D eigenvalue weighted by atomic mass is 35.5. The second kappa shape index (κ2) is 10.8. The van der Waals surface area contributed by atoms with Crippen molar-refractivity contribution in [3.05, 3.63) is 130 Å². The molecule has 2 aromatic heterocycles. The van der Waals surface area contributed by atoms with E-state index in [4.69, 9.17) is 11.6 Å². The fourth-order valence-corrected chi connectivity index (χ4v) is 5.54. The fraction of sp³-hybridized carbons (Fsp3) is 0.125. The van der Waals surface area contributed by atoms with Crippen molar-refractivity contribution in [1.82, 2.24) is 15.2 Å². The molecule has 3 N–H and O–H groups in total. The van der Waals surface area contributed by atoms with Crippen molar-refractivity contribution in [1.29, 1.82) is 0 Å². The van der Waals surface area contributed by atoms with Gasteiger partial charge in [0.05, 0.1) is 22.5 Å². The van der Waals surface area contributed by atoms with Crippen molar-refractivity contribution >= 4 is 34.9 Å². The summed E-state index contributed by atoms with van der Waals surface area (Å²) in [6.45, 7) is 2.05. The van der Waals surface area contributed by atoms with Gasteiger partial charge in [0.25, 0.3) is 11.8 Å². The summed E-state index contributed by atoms with van der Waals surface area (Å²) in [4.78, 5) is 33.5. The van der Waals surface area contributed by atoms with E-state index in [1.54, 1.807) is 60.6 Å². The molecule has 3 heterocycles. The first kappa shape index (κ1) is 27.3.